The van der Waals surface area contributed by atoms with Crippen molar-refractivity contribution in [2.24, 2.45) is 5.73 Å². The number of benzene rings is 1. The molecule has 1 aliphatic heterocycles. The first-order chi connectivity index (χ1) is 8.24. The molecule has 1 saturated heterocycles. The van der Waals surface area contributed by atoms with Crippen molar-refractivity contribution < 1.29 is 9.53 Å². The second kappa shape index (κ2) is 3.74. The highest BCUT2D eigenvalue weighted by molar-refractivity contribution is 5.89. The van der Waals surface area contributed by atoms with Gasteiger partial charge in [0.25, 0.3) is 0 Å². The monoisotopic (exact) mass is 232 g/mol. The molecule has 1 amide bonds. The Labute approximate surface area is 100 Å². The Morgan fingerprint density at radius 2 is 2.06 bits per heavy atom. The molecular formula is C13H16N2O2. The van der Waals surface area contributed by atoms with Gasteiger partial charge in [0.05, 0.1) is 5.69 Å². The number of anilines is 1. The van der Waals surface area contributed by atoms with E-state index < -0.39 is 0 Å². The lowest BCUT2D eigenvalue weighted by Gasteiger charge is -2.33. The Bertz CT molecular complexity index is 454. The lowest BCUT2D eigenvalue weighted by atomic mass is 10.1. The average molecular weight is 232 g/mol. The molecule has 1 aromatic rings. The van der Waals surface area contributed by atoms with Crippen molar-refractivity contribution in [2.75, 3.05) is 11.4 Å². The van der Waals surface area contributed by atoms with Crippen LogP contribution in [-0.2, 0) is 11.3 Å². The average Bonchev–Trinajstić information content (AvgIpc) is 3.09. The van der Waals surface area contributed by atoms with Crippen molar-refractivity contribution in [3.63, 3.8) is 0 Å². The first kappa shape index (κ1) is 10.6. The van der Waals surface area contributed by atoms with Gasteiger partial charge in [0.15, 0.2) is 0 Å². The molecule has 2 fully saturated rings. The van der Waals surface area contributed by atoms with Crippen LogP contribution in [0.15, 0.2) is 24.3 Å². The first-order valence-corrected chi connectivity index (χ1v) is 6.03. The molecule has 3 rings (SSSR count). The summed E-state index contributed by atoms with van der Waals surface area (Å²) >= 11 is 0. The second-order valence-corrected chi connectivity index (χ2v) is 4.79. The highest BCUT2D eigenvalue weighted by atomic mass is 16.6. The summed E-state index contributed by atoms with van der Waals surface area (Å²) in [7, 11) is 0. The third-order valence-corrected chi connectivity index (χ3v) is 3.63. The molecule has 0 atom stereocenters. The lowest BCUT2D eigenvalue weighted by Crippen LogP contribution is -2.43. The number of carbonyl (C=O) groups excluding carboxylic acids is 1. The highest BCUT2D eigenvalue weighted by Crippen LogP contribution is 2.46. The van der Waals surface area contributed by atoms with Gasteiger partial charge in [0.2, 0.25) is 0 Å². The van der Waals surface area contributed by atoms with Crippen LogP contribution in [0.5, 0.6) is 0 Å². The molecule has 1 aromatic carbocycles. The number of para-hydroxylation sites is 1. The number of hydrogen-bond acceptors (Lipinski definition) is 3. The maximum Gasteiger partial charge on any atom is 0.414 e. The van der Waals surface area contributed by atoms with Crippen molar-refractivity contribution >= 4 is 11.8 Å². The fourth-order valence-electron chi connectivity index (χ4n) is 2.36. The van der Waals surface area contributed by atoms with Gasteiger partial charge in [0.1, 0.15) is 5.60 Å². The van der Waals surface area contributed by atoms with Crippen LogP contribution >= 0.6 is 0 Å². The maximum absolute atomic E-state index is 12.0. The number of nitrogens with zero attached hydrogens (tertiary/aromatic N) is 1. The van der Waals surface area contributed by atoms with Crippen LogP contribution in [-0.4, -0.2) is 18.2 Å². The highest BCUT2D eigenvalue weighted by Gasteiger charge is 2.50. The largest absolute Gasteiger partial charge is 0.442 e. The molecule has 0 unspecified atom stereocenters. The lowest BCUT2D eigenvalue weighted by molar-refractivity contribution is 0.0683. The van der Waals surface area contributed by atoms with E-state index in [-0.39, 0.29) is 11.7 Å². The third-order valence-electron chi connectivity index (χ3n) is 3.63. The topological polar surface area (TPSA) is 55.6 Å². The summed E-state index contributed by atoms with van der Waals surface area (Å²) < 4.78 is 5.50. The molecule has 1 saturated carbocycles. The van der Waals surface area contributed by atoms with Gasteiger partial charge in [-0.3, -0.25) is 4.90 Å². The van der Waals surface area contributed by atoms with Gasteiger partial charge in [-0.05, 0) is 24.5 Å². The Morgan fingerprint density at radius 3 is 2.71 bits per heavy atom. The fraction of sp³-hybridized carbons (Fsp3) is 0.462. The van der Waals surface area contributed by atoms with Gasteiger partial charge in [-0.1, -0.05) is 18.2 Å². The Hall–Kier alpha value is -1.55. The van der Waals surface area contributed by atoms with Gasteiger partial charge >= 0.3 is 6.09 Å². The first-order valence-electron chi connectivity index (χ1n) is 6.03. The normalized spacial score (nSPS) is 21.5. The molecule has 1 aliphatic carbocycles. The van der Waals surface area contributed by atoms with Gasteiger partial charge in [-0.15, -0.1) is 0 Å². The molecule has 0 aromatic heterocycles. The predicted molar refractivity (Wildman–Crippen MR) is 64.7 cm³/mol. The molecule has 2 aliphatic rings. The Kier molecular flexibility index (Phi) is 2.33. The van der Waals surface area contributed by atoms with Crippen LogP contribution in [0.3, 0.4) is 0 Å². The van der Waals surface area contributed by atoms with E-state index in [0.29, 0.717) is 6.54 Å². The van der Waals surface area contributed by atoms with E-state index in [4.69, 9.17) is 10.5 Å². The van der Waals surface area contributed by atoms with E-state index in [1.165, 1.54) is 0 Å². The van der Waals surface area contributed by atoms with E-state index in [9.17, 15) is 4.79 Å². The molecule has 1 heterocycles. The van der Waals surface area contributed by atoms with E-state index in [2.05, 4.69) is 0 Å². The summed E-state index contributed by atoms with van der Waals surface area (Å²) in [4.78, 5) is 13.7. The van der Waals surface area contributed by atoms with Crippen LogP contribution in [0.4, 0.5) is 10.5 Å². The zero-order chi connectivity index (χ0) is 11.9. The molecule has 4 nitrogen and oxygen atoms in total. The SMILES string of the molecule is NCc1ccccc1N1CCC2(CC2)OC1=O. The van der Waals surface area contributed by atoms with Gasteiger partial charge in [-0.2, -0.15) is 0 Å². The molecule has 1 spiro atoms. The van der Waals surface area contributed by atoms with Crippen LogP contribution in [0, 0.1) is 0 Å². The summed E-state index contributed by atoms with van der Waals surface area (Å²) in [6.45, 7) is 1.17. The van der Waals surface area contributed by atoms with Gasteiger partial charge in [-0.25, -0.2) is 4.79 Å². The van der Waals surface area contributed by atoms with Crippen molar-refractivity contribution in [3.8, 4) is 0 Å². The van der Waals surface area contributed by atoms with Crippen molar-refractivity contribution in [3.05, 3.63) is 29.8 Å². The third kappa shape index (κ3) is 1.78. The molecule has 2 N–H and O–H groups in total. The summed E-state index contributed by atoms with van der Waals surface area (Å²) in [5.74, 6) is 0. The zero-order valence-electron chi connectivity index (χ0n) is 9.69. The number of hydrogen-bond donors (Lipinski definition) is 1. The van der Waals surface area contributed by atoms with Crippen LogP contribution in [0.25, 0.3) is 0 Å². The fourth-order valence-corrected chi connectivity index (χ4v) is 2.36. The second-order valence-electron chi connectivity index (χ2n) is 4.79. The van der Waals surface area contributed by atoms with E-state index in [1.807, 2.05) is 24.3 Å². The molecule has 90 valence electrons. The molecule has 4 heteroatoms. The number of rotatable bonds is 2. The summed E-state index contributed by atoms with van der Waals surface area (Å²) in [6.07, 6.45) is 2.74. The standard InChI is InChI=1S/C13H16N2O2/c14-9-10-3-1-2-4-11(10)15-8-7-13(5-6-13)17-12(15)16/h1-4H,5-9,14H2. The van der Waals surface area contributed by atoms with Gasteiger partial charge < -0.3 is 10.5 Å². The molecule has 17 heavy (non-hydrogen) atoms. The van der Waals surface area contributed by atoms with Crippen LogP contribution < -0.4 is 10.6 Å². The molecular weight excluding hydrogens is 216 g/mol. The summed E-state index contributed by atoms with van der Waals surface area (Å²) in [6, 6.07) is 7.73. The Morgan fingerprint density at radius 1 is 1.29 bits per heavy atom. The minimum absolute atomic E-state index is 0.120. The number of carbonyl (C=O) groups is 1. The number of ether oxygens (including phenoxy) is 1. The van der Waals surface area contributed by atoms with E-state index in [0.717, 1.165) is 37.1 Å². The number of amides is 1. The number of nitrogens with two attached hydrogens (primary N) is 1. The summed E-state index contributed by atoms with van der Waals surface area (Å²) in [5.41, 5.74) is 7.44. The van der Waals surface area contributed by atoms with Crippen LogP contribution in [0.1, 0.15) is 24.8 Å². The predicted octanol–water partition coefficient (Wildman–Crippen LogP) is 2.02. The van der Waals surface area contributed by atoms with E-state index in [1.54, 1.807) is 4.90 Å². The molecule has 0 radical (unpaired) electrons. The summed E-state index contributed by atoms with van der Waals surface area (Å²) in [5, 5.41) is 0. The van der Waals surface area contributed by atoms with Gasteiger partial charge in [0, 0.05) is 19.5 Å². The smallest absolute Gasteiger partial charge is 0.414 e. The minimum Gasteiger partial charge on any atom is -0.442 e. The van der Waals surface area contributed by atoms with Crippen molar-refractivity contribution in [1.29, 1.82) is 0 Å². The van der Waals surface area contributed by atoms with E-state index >= 15 is 0 Å². The van der Waals surface area contributed by atoms with Crippen LogP contribution in [0.2, 0.25) is 0 Å². The molecule has 0 bridgehead atoms. The Balaban J connectivity index is 1.86. The van der Waals surface area contributed by atoms with Crippen molar-refractivity contribution in [2.45, 2.75) is 31.4 Å². The quantitative estimate of drug-likeness (QED) is 0.848. The minimum atomic E-state index is -0.227. The van der Waals surface area contributed by atoms with Crippen molar-refractivity contribution in [1.82, 2.24) is 0 Å². The maximum atomic E-state index is 12.0. The zero-order valence-corrected chi connectivity index (χ0v) is 9.69.